The van der Waals surface area contributed by atoms with Crippen LogP contribution < -0.4 is 10.1 Å². The van der Waals surface area contributed by atoms with Gasteiger partial charge in [-0.05, 0) is 13.3 Å². The van der Waals surface area contributed by atoms with Crippen LogP contribution in [0, 0.1) is 6.92 Å². The van der Waals surface area contributed by atoms with E-state index < -0.39 is 0 Å². The third-order valence-corrected chi connectivity index (χ3v) is 2.84. The van der Waals surface area contributed by atoms with Crippen LogP contribution in [0.5, 0.6) is 5.88 Å². The molecule has 1 N–H and O–H groups in total. The van der Waals surface area contributed by atoms with Gasteiger partial charge in [0.2, 0.25) is 11.8 Å². The highest BCUT2D eigenvalue weighted by atomic mass is 16.5. The fourth-order valence-electron chi connectivity index (χ4n) is 1.82. The van der Waals surface area contributed by atoms with E-state index in [1.807, 2.05) is 30.8 Å². The summed E-state index contributed by atoms with van der Waals surface area (Å²) in [7, 11) is 1.99. The van der Waals surface area contributed by atoms with E-state index in [2.05, 4.69) is 27.2 Å². The number of nitrogens with one attached hydrogen (secondary N) is 1. The molecule has 2 heterocycles. The Morgan fingerprint density at radius 1 is 1.35 bits per heavy atom. The number of hydrogen-bond donors (Lipinski definition) is 1. The van der Waals surface area contributed by atoms with Gasteiger partial charge in [0.15, 0.2) is 0 Å². The lowest BCUT2D eigenvalue weighted by atomic mass is 10.4. The second-order valence-corrected chi connectivity index (χ2v) is 4.65. The van der Waals surface area contributed by atoms with Gasteiger partial charge in [-0.1, -0.05) is 6.92 Å². The van der Waals surface area contributed by atoms with Crippen LogP contribution in [0.25, 0.3) is 0 Å². The average Bonchev–Trinajstić information content (AvgIpc) is 2.82. The van der Waals surface area contributed by atoms with Crippen LogP contribution in [-0.4, -0.2) is 32.7 Å². The second-order valence-electron chi connectivity index (χ2n) is 4.65. The van der Waals surface area contributed by atoms with Crippen LogP contribution in [0.1, 0.15) is 24.9 Å². The summed E-state index contributed by atoms with van der Waals surface area (Å²) in [6.07, 6.45) is 5.53. The fourth-order valence-corrected chi connectivity index (χ4v) is 1.82. The highest BCUT2D eigenvalue weighted by Gasteiger charge is 2.04. The van der Waals surface area contributed by atoms with Gasteiger partial charge in [-0.2, -0.15) is 4.98 Å². The van der Waals surface area contributed by atoms with Crippen LogP contribution in [0.15, 0.2) is 18.5 Å². The first-order valence-corrected chi connectivity index (χ1v) is 6.87. The van der Waals surface area contributed by atoms with E-state index in [0.717, 1.165) is 30.9 Å². The van der Waals surface area contributed by atoms with Crippen molar-refractivity contribution < 1.29 is 4.74 Å². The van der Waals surface area contributed by atoms with Crippen LogP contribution in [0.4, 0.5) is 5.95 Å². The molecule has 0 aliphatic rings. The van der Waals surface area contributed by atoms with Crippen molar-refractivity contribution in [3.8, 4) is 5.88 Å². The number of ether oxygens (including phenoxy) is 1. The minimum Gasteiger partial charge on any atom is -0.478 e. The van der Waals surface area contributed by atoms with E-state index in [-0.39, 0.29) is 0 Å². The maximum atomic E-state index is 5.54. The Labute approximate surface area is 119 Å². The number of anilines is 1. The molecule has 6 nitrogen and oxygen atoms in total. The smallest absolute Gasteiger partial charge is 0.226 e. The number of nitrogens with zero attached hydrogens (tertiary/aromatic N) is 4. The summed E-state index contributed by atoms with van der Waals surface area (Å²) in [5, 5.41) is 3.21. The molecule has 2 aromatic rings. The number of aromatic nitrogens is 4. The Balaban J connectivity index is 1.91. The normalized spacial score (nSPS) is 10.6. The van der Waals surface area contributed by atoms with Gasteiger partial charge >= 0.3 is 0 Å². The zero-order chi connectivity index (χ0) is 14.4. The van der Waals surface area contributed by atoms with Gasteiger partial charge in [0.1, 0.15) is 5.82 Å². The molecule has 20 heavy (non-hydrogen) atoms. The predicted molar refractivity (Wildman–Crippen MR) is 78.0 cm³/mol. The summed E-state index contributed by atoms with van der Waals surface area (Å²) in [5.41, 5.74) is 0.894. The van der Waals surface area contributed by atoms with Crippen molar-refractivity contribution in [2.45, 2.75) is 26.7 Å². The van der Waals surface area contributed by atoms with Crippen LogP contribution >= 0.6 is 0 Å². The number of hydrogen-bond acceptors (Lipinski definition) is 5. The molecule has 6 heteroatoms. The molecular formula is C14H21N5O. The molecule has 0 aliphatic heterocycles. The van der Waals surface area contributed by atoms with Gasteiger partial charge < -0.3 is 14.6 Å². The van der Waals surface area contributed by atoms with Crippen molar-refractivity contribution in [2.75, 3.05) is 18.5 Å². The van der Waals surface area contributed by atoms with Crippen molar-refractivity contribution in [3.63, 3.8) is 0 Å². The molecule has 2 aromatic heterocycles. The lowest BCUT2D eigenvalue weighted by molar-refractivity contribution is 0.305. The first kappa shape index (κ1) is 14.3. The van der Waals surface area contributed by atoms with Gasteiger partial charge in [-0.15, -0.1) is 0 Å². The first-order chi connectivity index (χ1) is 9.69. The molecule has 0 saturated heterocycles. The molecule has 0 unspecified atom stereocenters. The quantitative estimate of drug-likeness (QED) is 0.837. The standard InChI is InChI=1S/C14H21N5O/c1-4-9-20-13-10-11(2)17-14(18-13)16-6-5-12-15-7-8-19(12)3/h7-8,10H,4-6,9H2,1-3H3,(H,16,17,18). The van der Waals surface area contributed by atoms with Crippen LogP contribution in [0.2, 0.25) is 0 Å². The Hall–Kier alpha value is -2.11. The highest BCUT2D eigenvalue weighted by Crippen LogP contribution is 2.12. The van der Waals surface area contributed by atoms with Crippen LogP contribution in [-0.2, 0) is 13.5 Å². The summed E-state index contributed by atoms with van der Waals surface area (Å²) >= 11 is 0. The summed E-state index contributed by atoms with van der Waals surface area (Å²) in [4.78, 5) is 13.0. The maximum absolute atomic E-state index is 5.54. The van der Waals surface area contributed by atoms with Crippen LogP contribution in [0.3, 0.4) is 0 Å². The lowest BCUT2D eigenvalue weighted by Crippen LogP contribution is -2.11. The van der Waals surface area contributed by atoms with Gasteiger partial charge in [0.05, 0.1) is 6.61 Å². The minimum atomic E-state index is 0.602. The molecule has 2 rings (SSSR count). The van der Waals surface area contributed by atoms with Gasteiger partial charge in [-0.25, -0.2) is 9.97 Å². The molecule has 0 aromatic carbocycles. The Bertz CT molecular complexity index is 552. The highest BCUT2D eigenvalue weighted by molar-refractivity contribution is 5.30. The van der Waals surface area contributed by atoms with Gasteiger partial charge in [0.25, 0.3) is 0 Å². The Morgan fingerprint density at radius 3 is 2.90 bits per heavy atom. The van der Waals surface area contributed by atoms with Crippen molar-refractivity contribution in [1.29, 1.82) is 0 Å². The Kier molecular flexibility index (Phi) is 4.92. The molecule has 0 fully saturated rings. The van der Waals surface area contributed by atoms with E-state index in [1.54, 1.807) is 6.20 Å². The van der Waals surface area contributed by atoms with Gasteiger partial charge in [0, 0.05) is 44.2 Å². The molecule has 0 aliphatic carbocycles. The van der Waals surface area contributed by atoms with E-state index in [0.29, 0.717) is 18.4 Å². The summed E-state index contributed by atoms with van der Waals surface area (Å²) < 4.78 is 7.55. The fraction of sp³-hybridized carbons (Fsp3) is 0.500. The molecule has 108 valence electrons. The van der Waals surface area contributed by atoms with Gasteiger partial charge in [-0.3, -0.25) is 0 Å². The topological polar surface area (TPSA) is 64.9 Å². The summed E-state index contributed by atoms with van der Waals surface area (Å²) in [5.74, 6) is 2.26. The molecule has 0 atom stereocenters. The summed E-state index contributed by atoms with van der Waals surface area (Å²) in [6, 6.07) is 1.85. The molecule has 0 saturated carbocycles. The largest absolute Gasteiger partial charge is 0.478 e. The number of aryl methyl sites for hydroxylation is 2. The molecular weight excluding hydrogens is 254 g/mol. The average molecular weight is 275 g/mol. The minimum absolute atomic E-state index is 0.602. The predicted octanol–water partition coefficient (Wildman–Crippen LogP) is 1.96. The van der Waals surface area contributed by atoms with Crippen molar-refractivity contribution in [3.05, 3.63) is 30.0 Å². The van der Waals surface area contributed by atoms with Crippen molar-refractivity contribution in [2.24, 2.45) is 7.05 Å². The molecule has 0 spiro atoms. The maximum Gasteiger partial charge on any atom is 0.226 e. The SMILES string of the molecule is CCCOc1cc(C)nc(NCCc2nccn2C)n1. The Morgan fingerprint density at radius 2 is 2.20 bits per heavy atom. The summed E-state index contributed by atoms with van der Waals surface area (Å²) in [6.45, 7) is 5.41. The molecule has 0 amide bonds. The van der Waals surface area contributed by atoms with Crippen molar-refractivity contribution in [1.82, 2.24) is 19.5 Å². The molecule has 0 bridgehead atoms. The molecule has 0 radical (unpaired) electrons. The van der Waals surface area contributed by atoms with E-state index in [4.69, 9.17) is 4.74 Å². The number of rotatable bonds is 7. The van der Waals surface area contributed by atoms with E-state index >= 15 is 0 Å². The van der Waals surface area contributed by atoms with Crippen molar-refractivity contribution >= 4 is 5.95 Å². The third-order valence-electron chi connectivity index (χ3n) is 2.84. The zero-order valence-electron chi connectivity index (χ0n) is 12.3. The second kappa shape index (κ2) is 6.88. The van der Waals surface area contributed by atoms with E-state index in [9.17, 15) is 0 Å². The van der Waals surface area contributed by atoms with E-state index in [1.165, 1.54) is 0 Å². The lowest BCUT2D eigenvalue weighted by Gasteiger charge is -2.09. The first-order valence-electron chi connectivity index (χ1n) is 6.87. The zero-order valence-corrected chi connectivity index (χ0v) is 12.3. The number of imidazole rings is 1. The third kappa shape index (κ3) is 3.94. The monoisotopic (exact) mass is 275 g/mol.